The topological polar surface area (TPSA) is 111 Å². The maximum Gasteiger partial charge on any atom is 0.170 e. The van der Waals surface area contributed by atoms with E-state index in [-0.39, 0.29) is 5.84 Å². The highest BCUT2D eigenvalue weighted by Gasteiger charge is 1.99. The fraction of sp³-hybridized carbons (Fsp3) is 0.308. The lowest BCUT2D eigenvalue weighted by atomic mass is 10.2. The van der Waals surface area contributed by atoms with Gasteiger partial charge in [-0.25, -0.2) is 0 Å². The number of hydrogen-bond acceptors (Lipinski definition) is 6. The van der Waals surface area contributed by atoms with E-state index in [2.05, 4.69) is 20.8 Å². The first kappa shape index (κ1) is 14.8. The van der Waals surface area contributed by atoms with E-state index < -0.39 is 0 Å². The van der Waals surface area contributed by atoms with Gasteiger partial charge in [-0.05, 0) is 24.3 Å². The lowest BCUT2D eigenvalue weighted by molar-refractivity contribution is 0.312. The molecule has 1 heterocycles. The van der Waals surface area contributed by atoms with E-state index in [1.807, 2.05) is 6.20 Å². The van der Waals surface area contributed by atoms with Crippen LogP contribution in [0.3, 0.4) is 0 Å². The highest BCUT2D eigenvalue weighted by molar-refractivity contribution is 5.97. The molecule has 0 saturated carbocycles. The van der Waals surface area contributed by atoms with Crippen LogP contribution in [0.5, 0.6) is 5.75 Å². The first-order valence-electron chi connectivity index (χ1n) is 6.55. The molecule has 0 atom stereocenters. The van der Waals surface area contributed by atoms with Crippen LogP contribution in [-0.2, 0) is 6.54 Å². The Bertz CT molecular complexity index is 553. The van der Waals surface area contributed by atoms with E-state index in [1.54, 1.807) is 35.1 Å². The number of nitrogens with two attached hydrogens (primary N) is 1. The van der Waals surface area contributed by atoms with E-state index in [1.165, 1.54) is 0 Å². The SMILES string of the molecule is N/C(=N/O)c1ccc(OCCNCCn2ccnn2)cc1. The Kier molecular flexibility index (Phi) is 5.53. The number of amidine groups is 1. The van der Waals surface area contributed by atoms with Gasteiger partial charge in [0, 0.05) is 24.8 Å². The predicted octanol–water partition coefficient (Wildman–Crippen LogP) is 0.0412. The van der Waals surface area contributed by atoms with Crippen molar-refractivity contribution in [2.45, 2.75) is 6.54 Å². The molecule has 8 heteroatoms. The van der Waals surface area contributed by atoms with Crippen molar-refractivity contribution >= 4 is 5.84 Å². The highest BCUT2D eigenvalue weighted by Crippen LogP contribution is 2.11. The molecule has 2 rings (SSSR count). The molecule has 112 valence electrons. The quantitative estimate of drug-likeness (QED) is 0.208. The molecular formula is C13H18N6O2. The van der Waals surface area contributed by atoms with Crippen LogP contribution in [0.1, 0.15) is 5.56 Å². The van der Waals surface area contributed by atoms with Crippen LogP contribution in [-0.4, -0.2) is 45.7 Å². The first-order chi connectivity index (χ1) is 10.3. The molecule has 0 spiro atoms. The molecule has 21 heavy (non-hydrogen) atoms. The van der Waals surface area contributed by atoms with Gasteiger partial charge in [0.25, 0.3) is 0 Å². The number of benzene rings is 1. The van der Waals surface area contributed by atoms with Gasteiger partial charge in [-0.15, -0.1) is 5.10 Å². The Balaban J connectivity index is 1.62. The Morgan fingerprint density at radius 2 is 2.14 bits per heavy atom. The van der Waals surface area contributed by atoms with E-state index in [0.717, 1.165) is 25.4 Å². The normalized spacial score (nSPS) is 11.5. The Morgan fingerprint density at radius 3 is 2.81 bits per heavy atom. The number of nitrogens with zero attached hydrogens (tertiary/aromatic N) is 4. The van der Waals surface area contributed by atoms with Crippen LogP contribution in [0.15, 0.2) is 41.8 Å². The van der Waals surface area contributed by atoms with Crippen molar-refractivity contribution in [1.82, 2.24) is 20.3 Å². The summed E-state index contributed by atoms with van der Waals surface area (Å²) >= 11 is 0. The lowest BCUT2D eigenvalue weighted by Crippen LogP contribution is -2.25. The molecule has 0 bridgehead atoms. The summed E-state index contributed by atoms with van der Waals surface area (Å²) in [5.74, 6) is 0.818. The summed E-state index contributed by atoms with van der Waals surface area (Å²) in [6, 6.07) is 7.04. The van der Waals surface area contributed by atoms with Crippen LogP contribution in [0, 0.1) is 0 Å². The van der Waals surface area contributed by atoms with Gasteiger partial charge in [0.1, 0.15) is 12.4 Å². The van der Waals surface area contributed by atoms with Crippen molar-refractivity contribution in [3.8, 4) is 5.75 Å². The number of ether oxygens (including phenoxy) is 1. The zero-order chi connectivity index (χ0) is 14.9. The van der Waals surface area contributed by atoms with Gasteiger partial charge in [-0.3, -0.25) is 4.68 Å². The zero-order valence-electron chi connectivity index (χ0n) is 11.5. The fourth-order valence-electron chi connectivity index (χ4n) is 1.69. The van der Waals surface area contributed by atoms with Crippen molar-refractivity contribution in [3.05, 3.63) is 42.2 Å². The van der Waals surface area contributed by atoms with Crippen LogP contribution < -0.4 is 15.8 Å². The molecule has 8 nitrogen and oxygen atoms in total. The molecule has 0 amide bonds. The Hall–Kier alpha value is -2.61. The predicted molar refractivity (Wildman–Crippen MR) is 77.3 cm³/mol. The number of hydrogen-bond donors (Lipinski definition) is 3. The average molecular weight is 290 g/mol. The average Bonchev–Trinajstić information content (AvgIpc) is 3.04. The van der Waals surface area contributed by atoms with Gasteiger partial charge >= 0.3 is 0 Å². The zero-order valence-corrected chi connectivity index (χ0v) is 11.5. The standard InChI is InChI=1S/C13H18N6O2/c14-13(17-20)11-1-3-12(4-2-11)21-10-7-15-5-8-19-9-6-16-18-19/h1-4,6,9,15,20H,5,7-8,10H2,(H2,14,17). The van der Waals surface area contributed by atoms with Crippen LogP contribution in [0.4, 0.5) is 0 Å². The molecule has 2 aromatic rings. The summed E-state index contributed by atoms with van der Waals surface area (Å²) in [4.78, 5) is 0. The second-order valence-corrected chi connectivity index (χ2v) is 4.27. The molecule has 4 N–H and O–H groups in total. The number of aromatic nitrogens is 3. The fourth-order valence-corrected chi connectivity index (χ4v) is 1.69. The molecule has 0 aliphatic rings. The molecule has 0 aliphatic carbocycles. The van der Waals surface area contributed by atoms with Crippen molar-refractivity contribution in [2.24, 2.45) is 10.9 Å². The van der Waals surface area contributed by atoms with E-state index in [0.29, 0.717) is 12.2 Å². The maximum absolute atomic E-state index is 8.56. The summed E-state index contributed by atoms with van der Waals surface area (Å²) in [5, 5.41) is 22.3. The minimum atomic E-state index is 0.0799. The number of nitrogens with one attached hydrogen (secondary N) is 1. The summed E-state index contributed by atoms with van der Waals surface area (Å²) in [6.45, 7) is 2.86. The summed E-state index contributed by atoms with van der Waals surface area (Å²) in [6.07, 6.45) is 3.47. The van der Waals surface area contributed by atoms with Crippen molar-refractivity contribution in [1.29, 1.82) is 0 Å². The molecular weight excluding hydrogens is 272 g/mol. The summed E-state index contributed by atoms with van der Waals surface area (Å²) < 4.78 is 7.33. The van der Waals surface area contributed by atoms with Gasteiger partial charge in [0.2, 0.25) is 0 Å². The van der Waals surface area contributed by atoms with Gasteiger partial charge < -0.3 is 21.0 Å². The third-order valence-electron chi connectivity index (χ3n) is 2.79. The first-order valence-corrected chi connectivity index (χ1v) is 6.55. The van der Waals surface area contributed by atoms with E-state index in [4.69, 9.17) is 15.7 Å². The lowest BCUT2D eigenvalue weighted by Gasteiger charge is -2.08. The summed E-state index contributed by atoms with van der Waals surface area (Å²) in [5.41, 5.74) is 6.13. The molecule has 1 aromatic carbocycles. The number of rotatable bonds is 8. The molecule has 0 radical (unpaired) electrons. The van der Waals surface area contributed by atoms with Gasteiger partial charge in [0.05, 0.1) is 12.7 Å². The molecule has 0 aliphatic heterocycles. The minimum Gasteiger partial charge on any atom is -0.492 e. The molecule has 1 aromatic heterocycles. The molecule has 0 unspecified atom stereocenters. The molecule has 0 saturated heterocycles. The maximum atomic E-state index is 8.56. The minimum absolute atomic E-state index is 0.0799. The van der Waals surface area contributed by atoms with Gasteiger partial charge in [-0.1, -0.05) is 10.4 Å². The summed E-state index contributed by atoms with van der Waals surface area (Å²) in [7, 11) is 0. The van der Waals surface area contributed by atoms with Crippen molar-refractivity contribution < 1.29 is 9.94 Å². The van der Waals surface area contributed by atoms with Crippen LogP contribution >= 0.6 is 0 Å². The van der Waals surface area contributed by atoms with E-state index in [9.17, 15) is 0 Å². The van der Waals surface area contributed by atoms with Gasteiger partial charge in [-0.2, -0.15) is 0 Å². The third kappa shape index (κ3) is 4.77. The Morgan fingerprint density at radius 1 is 1.33 bits per heavy atom. The van der Waals surface area contributed by atoms with E-state index >= 15 is 0 Å². The van der Waals surface area contributed by atoms with Crippen molar-refractivity contribution in [2.75, 3.05) is 19.7 Å². The third-order valence-corrected chi connectivity index (χ3v) is 2.79. The second-order valence-electron chi connectivity index (χ2n) is 4.27. The number of oxime groups is 1. The highest BCUT2D eigenvalue weighted by atomic mass is 16.5. The van der Waals surface area contributed by atoms with Gasteiger partial charge in [0.15, 0.2) is 5.84 Å². The largest absolute Gasteiger partial charge is 0.492 e. The monoisotopic (exact) mass is 290 g/mol. The van der Waals surface area contributed by atoms with Crippen LogP contribution in [0.2, 0.25) is 0 Å². The smallest absolute Gasteiger partial charge is 0.170 e. The van der Waals surface area contributed by atoms with Crippen molar-refractivity contribution in [3.63, 3.8) is 0 Å². The Labute approximate surface area is 122 Å². The van der Waals surface area contributed by atoms with Crippen LogP contribution in [0.25, 0.3) is 0 Å². The second kappa shape index (κ2) is 7.85. The molecule has 0 fully saturated rings.